The summed E-state index contributed by atoms with van der Waals surface area (Å²) in [6, 6.07) is 36.2. The number of benzene rings is 5. The number of anilines is 1. The quantitative estimate of drug-likeness (QED) is 0.255. The molecule has 1 aromatic heterocycles. The zero-order chi connectivity index (χ0) is 22.7. The fourth-order valence-corrected chi connectivity index (χ4v) is 4.81. The predicted molar refractivity (Wildman–Crippen MR) is 145 cm³/mol. The molecular formula is C32H24N2. The number of hydrogen-bond acceptors (Lipinski definition) is 2. The van der Waals surface area contributed by atoms with Gasteiger partial charge in [0.25, 0.3) is 0 Å². The Morgan fingerprint density at radius 2 is 1.29 bits per heavy atom. The van der Waals surface area contributed by atoms with Crippen LogP contribution in [-0.4, -0.2) is 11.5 Å². The average Bonchev–Trinajstić information content (AvgIpc) is 2.93. The van der Waals surface area contributed by atoms with Gasteiger partial charge in [-0.1, -0.05) is 97.1 Å². The molecule has 5 aromatic carbocycles. The van der Waals surface area contributed by atoms with E-state index in [1.54, 1.807) is 0 Å². The first kappa shape index (κ1) is 20.2. The summed E-state index contributed by atoms with van der Waals surface area (Å²) in [5.41, 5.74) is 3.70. The molecule has 2 nitrogen and oxygen atoms in total. The first-order valence-electron chi connectivity index (χ1n) is 11.6. The van der Waals surface area contributed by atoms with E-state index in [4.69, 9.17) is 0 Å². The van der Waals surface area contributed by atoms with Gasteiger partial charge < -0.3 is 4.90 Å². The molecule has 34 heavy (non-hydrogen) atoms. The van der Waals surface area contributed by atoms with E-state index in [1.165, 1.54) is 49.1 Å². The summed E-state index contributed by atoms with van der Waals surface area (Å²) in [5, 5.41) is 7.93. The molecule has 162 valence electrons. The van der Waals surface area contributed by atoms with E-state index < -0.39 is 0 Å². The molecule has 1 aliphatic rings. The molecule has 0 bridgehead atoms. The van der Waals surface area contributed by atoms with Crippen LogP contribution >= 0.6 is 0 Å². The minimum Gasteiger partial charge on any atom is -0.343 e. The molecule has 6 aromatic rings. The van der Waals surface area contributed by atoms with Crippen molar-refractivity contribution in [3.8, 4) is 0 Å². The Morgan fingerprint density at radius 3 is 2.00 bits per heavy atom. The van der Waals surface area contributed by atoms with Crippen LogP contribution in [0.25, 0.3) is 37.9 Å². The van der Waals surface area contributed by atoms with Crippen molar-refractivity contribution in [1.82, 2.24) is 4.98 Å². The van der Waals surface area contributed by atoms with Gasteiger partial charge in [0.1, 0.15) is 0 Å². The number of hydrogen-bond donors (Lipinski definition) is 0. The van der Waals surface area contributed by atoms with E-state index in [0.29, 0.717) is 0 Å². The summed E-state index contributed by atoms with van der Waals surface area (Å²) < 4.78 is 0. The van der Waals surface area contributed by atoms with Gasteiger partial charge in [-0.25, -0.2) is 0 Å². The van der Waals surface area contributed by atoms with Crippen LogP contribution < -0.4 is 4.90 Å². The third-order valence-electron chi connectivity index (χ3n) is 6.42. The van der Waals surface area contributed by atoms with Gasteiger partial charge in [0.15, 0.2) is 0 Å². The first-order valence-corrected chi connectivity index (χ1v) is 11.6. The largest absolute Gasteiger partial charge is 0.343 e. The van der Waals surface area contributed by atoms with E-state index in [0.717, 1.165) is 6.54 Å². The summed E-state index contributed by atoms with van der Waals surface area (Å²) in [6.07, 6.45) is 10.2. The molecular weight excluding hydrogens is 412 g/mol. The van der Waals surface area contributed by atoms with Crippen LogP contribution in [0, 0.1) is 0 Å². The monoisotopic (exact) mass is 436 g/mol. The number of pyridine rings is 1. The van der Waals surface area contributed by atoms with Crippen molar-refractivity contribution in [1.29, 1.82) is 0 Å². The van der Waals surface area contributed by atoms with Crippen LogP contribution in [-0.2, 0) is 0 Å². The molecule has 0 N–H and O–H groups in total. The fourth-order valence-electron chi connectivity index (χ4n) is 4.81. The summed E-state index contributed by atoms with van der Waals surface area (Å²) in [4.78, 5) is 6.62. The smallest absolute Gasteiger partial charge is 0.0489 e. The van der Waals surface area contributed by atoms with E-state index in [-0.39, 0.29) is 0 Å². The van der Waals surface area contributed by atoms with Gasteiger partial charge in [0.2, 0.25) is 0 Å². The Hall–Kier alpha value is -4.43. The average molecular weight is 437 g/mol. The standard InChI is InChI=1S/C26H18N2.C6H6/c1-4-18-8-9-20-11-13-24(23-12-10-19(5-1)25(18)26(20)23)28-15-3-7-22(17-28)21-6-2-14-27-16-21;1-2-4-6-5-3-1/h1-16H,17H2;1-6H. The maximum Gasteiger partial charge on any atom is 0.0489 e. The molecule has 0 saturated heterocycles. The van der Waals surface area contributed by atoms with Crippen molar-refractivity contribution in [2.75, 3.05) is 11.4 Å². The van der Waals surface area contributed by atoms with E-state index >= 15 is 0 Å². The highest BCUT2D eigenvalue weighted by atomic mass is 15.1. The normalized spacial score (nSPS) is 13.2. The number of rotatable bonds is 2. The molecule has 0 unspecified atom stereocenters. The van der Waals surface area contributed by atoms with Crippen molar-refractivity contribution in [2.24, 2.45) is 0 Å². The SMILES string of the molecule is C1=CN(c2ccc3ccc4cccc5ccc2c3c45)CC(c2cccnc2)=C1.c1ccccc1. The highest BCUT2D eigenvalue weighted by molar-refractivity contribution is 6.25. The molecule has 0 radical (unpaired) electrons. The van der Waals surface area contributed by atoms with Gasteiger partial charge >= 0.3 is 0 Å². The van der Waals surface area contributed by atoms with E-state index in [2.05, 4.69) is 88.9 Å². The van der Waals surface area contributed by atoms with Gasteiger partial charge in [-0.15, -0.1) is 0 Å². The lowest BCUT2D eigenvalue weighted by Crippen LogP contribution is -2.21. The molecule has 1 aliphatic heterocycles. The summed E-state index contributed by atoms with van der Waals surface area (Å²) in [5.74, 6) is 0. The van der Waals surface area contributed by atoms with Crippen LogP contribution in [0.1, 0.15) is 5.56 Å². The molecule has 0 amide bonds. The van der Waals surface area contributed by atoms with Gasteiger partial charge in [-0.2, -0.15) is 0 Å². The van der Waals surface area contributed by atoms with Crippen molar-refractivity contribution < 1.29 is 0 Å². The Kier molecular flexibility index (Phi) is 5.25. The Morgan fingerprint density at radius 1 is 0.618 bits per heavy atom. The Bertz CT molecular complexity index is 1570. The van der Waals surface area contributed by atoms with Crippen LogP contribution in [0.2, 0.25) is 0 Å². The molecule has 0 fully saturated rings. The number of nitrogens with zero attached hydrogens (tertiary/aromatic N) is 2. The molecule has 0 aliphatic carbocycles. The third-order valence-corrected chi connectivity index (χ3v) is 6.42. The van der Waals surface area contributed by atoms with Gasteiger partial charge in [0.05, 0.1) is 0 Å². The van der Waals surface area contributed by atoms with Crippen LogP contribution in [0.3, 0.4) is 0 Å². The van der Waals surface area contributed by atoms with Gasteiger partial charge in [-0.05, 0) is 56.3 Å². The lowest BCUT2D eigenvalue weighted by Gasteiger charge is -2.27. The molecule has 2 heteroatoms. The summed E-state index contributed by atoms with van der Waals surface area (Å²) in [7, 11) is 0. The fraction of sp³-hybridized carbons (Fsp3) is 0.0312. The third kappa shape index (κ3) is 3.70. The summed E-state index contributed by atoms with van der Waals surface area (Å²) >= 11 is 0. The van der Waals surface area contributed by atoms with Crippen molar-refractivity contribution in [2.45, 2.75) is 0 Å². The summed E-state index contributed by atoms with van der Waals surface area (Å²) in [6.45, 7) is 0.839. The second-order valence-electron chi connectivity index (χ2n) is 8.50. The maximum absolute atomic E-state index is 4.28. The molecule has 0 spiro atoms. The minimum atomic E-state index is 0.839. The highest BCUT2D eigenvalue weighted by Crippen LogP contribution is 2.39. The lowest BCUT2D eigenvalue weighted by atomic mass is 9.93. The second-order valence-corrected chi connectivity index (χ2v) is 8.50. The van der Waals surface area contributed by atoms with Crippen molar-refractivity contribution in [3.63, 3.8) is 0 Å². The van der Waals surface area contributed by atoms with Gasteiger partial charge in [-0.3, -0.25) is 4.98 Å². The second kappa shape index (κ2) is 8.84. The Labute approximate surface area is 199 Å². The highest BCUT2D eigenvalue weighted by Gasteiger charge is 2.16. The zero-order valence-electron chi connectivity index (χ0n) is 18.8. The molecule has 0 atom stereocenters. The molecule has 7 rings (SSSR count). The number of allylic oxidation sites excluding steroid dienone is 2. The predicted octanol–water partition coefficient (Wildman–Crippen LogP) is 8.08. The lowest BCUT2D eigenvalue weighted by molar-refractivity contribution is 1.09. The molecule has 2 heterocycles. The topological polar surface area (TPSA) is 16.1 Å². The van der Waals surface area contributed by atoms with E-state index in [1.807, 2.05) is 54.9 Å². The van der Waals surface area contributed by atoms with E-state index in [9.17, 15) is 0 Å². The zero-order valence-corrected chi connectivity index (χ0v) is 18.8. The Balaban J connectivity index is 0.000000318. The van der Waals surface area contributed by atoms with Crippen LogP contribution in [0.5, 0.6) is 0 Å². The van der Waals surface area contributed by atoms with Crippen LogP contribution in [0.4, 0.5) is 5.69 Å². The molecule has 0 saturated carbocycles. The van der Waals surface area contributed by atoms with Crippen LogP contribution in [0.15, 0.2) is 134 Å². The van der Waals surface area contributed by atoms with Gasteiger partial charge in [0, 0.05) is 36.2 Å². The first-order chi connectivity index (χ1) is 16.9. The van der Waals surface area contributed by atoms with Crippen molar-refractivity contribution in [3.05, 3.63) is 139 Å². The van der Waals surface area contributed by atoms with Crippen molar-refractivity contribution >= 4 is 43.6 Å². The minimum absolute atomic E-state index is 0.839. The number of aromatic nitrogens is 1. The maximum atomic E-state index is 4.28.